The minimum Gasteiger partial charge on any atom is -0.390 e. The third-order valence-electron chi connectivity index (χ3n) is 3.69. The Morgan fingerprint density at radius 3 is 2.58 bits per heavy atom. The Morgan fingerprint density at radius 2 is 2.00 bits per heavy atom. The summed E-state index contributed by atoms with van der Waals surface area (Å²) in [5.74, 6) is -1.32. The van der Waals surface area contributed by atoms with Gasteiger partial charge in [-0.25, -0.2) is 4.57 Å². The number of carbonyl (C=O) groups excluding carboxylic acids is 3. The van der Waals surface area contributed by atoms with Crippen LogP contribution in [0.15, 0.2) is 12.4 Å². The number of aromatic nitrogens is 2. The lowest BCUT2D eigenvalue weighted by molar-refractivity contribution is -0.396. The summed E-state index contributed by atoms with van der Waals surface area (Å²) in [7, 11) is 0. The van der Waals surface area contributed by atoms with Crippen molar-refractivity contribution in [2.24, 2.45) is 0 Å². The summed E-state index contributed by atoms with van der Waals surface area (Å²) in [4.78, 5) is 53.1. The number of nitrogens with zero attached hydrogens (tertiary/aromatic N) is 3. The van der Waals surface area contributed by atoms with E-state index in [-0.39, 0.29) is 31.8 Å². The summed E-state index contributed by atoms with van der Waals surface area (Å²) in [5, 5.41) is 13.8. The number of aldehydes is 1. The molecule has 0 aromatic carbocycles. The lowest BCUT2D eigenvalue weighted by atomic mass is 9.99. The topological polar surface area (TPSA) is 145 Å². The van der Waals surface area contributed by atoms with Crippen LogP contribution in [0, 0.1) is 10.1 Å². The van der Waals surface area contributed by atoms with E-state index in [0.29, 0.717) is 0 Å². The van der Waals surface area contributed by atoms with Gasteiger partial charge >= 0.3 is 5.95 Å². The lowest BCUT2D eigenvalue weighted by Crippen LogP contribution is -2.51. The SMILES string of the molecule is CC(C)(NOCCNC(C)(C)C(=O)Cn1ccnc1[N+](=O)[O-])C(=O)C=O. The average molecular weight is 369 g/mol. The number of rotatable bonds is 12. The minimum absolute atomic E-state index is 0.123. The molecule has 0 fully saturated rings. The van der Waals surface area contributed by atoms with Gasteiger partial charge in [0.25, 0.3) is 0 Å². The number of carbonyl (C=O) groups is 3. The Morgan fingerprint density at radius 1 is 1.35 bits per heavy atom. The highest BCUT2D eigenvalue weighted by Gasteiger charge is 2.30. The first kappa shape index (κ1) is 21.5. The predicted molar refractivity (Wildman–Crippen MR) is 90.2 cm³/mol. The molecular weight excluding hydrogens is 346 g/mol. The molecule has 11 nitrogen and oxygen atoms in total. The first-order valence-corrected chi connectivity index (χ1v) is 7.83. The fourth-order valence-electron chi connectivity index (χ4n) is 1.89. The van der Waals surface area contributed by atoms with Crippen LogP contribution >= 0.6 is 0 Å². The van der Waals surface area contributed by atoms with Crippen molar-refractivity contribution in [3.63, 3.8) is 0 Å². The van der Waals surface area contributed by atoms with E-state index in [1.807, 2.05) is 0 Å². The standard InChI is InChI=1S/C15H23N5O6/c1-14(2,11(22)9-19-7-5-16-13(19)20(24)25)17-6-8-26-18-15(3,4)12(23)10-21/h5,7,10,17-18H,6,8-9H2,1-4H3. The Bertz CT molecular complexity index is 682. The van der Waals surface area contributed by atoms with E-state index in [9.17, 15) is 24.5 Å². The number of imidazole rings is 1. The predicted octanol–water partition coefficient (Wildman–Crippen LogP) is -0.204. The van der Waals surface area contributed by atoms with Gasteiger partial charge in [0.15, 0.2) is 12.1 Å². The molecule has 0 atom stereocenters. The monoisotopic (exact) mass is 369 g/mol. The van der Waals surface area contributed by atoms with Crippen LogP contribution in [0.3, 0.4) is 0 Å². The molecule has 26 heavy (non-hydrogen) atoms. The van der Waals surface area contributed by atoms with Crippen molar-refractivity contribution in [2.75, 3.05) is 13.2 Å². The van der Waals surface area contributed by atoms with Crippen LogP contribution in [0.2, 0.25) is 0 Å². The number of Topliss-reactive ketones (excluding diaryl/α,β-unsaturated/α-hetero) is 2. The first-order valence-electron chi connectivity index (χ1n) is 7.83. The summed E-state index contributed by atoms with van der Waals surface area (Å²) >= 11 is 0. The van der Waals surface area contributed by atoms with Gasteiger partial charge in [0.2, 0.25) is 5.78 Å². The minimum atomic E-state index is -1.15. The summed E-state index contributed by atoms with van der Waals surface area (Å²) in [6.07, 6.45) is 2.84. The summed E-state index contributed by atoms with van der Waals surface area (Å²) in [5.41, 5.74) is 0.380. The van der Waals surface area contributed by atoms with E-state index in [1.54, 1.807) is 13.8 Å². The molecule has 144 valence electrons. The zero-order valence-corrected chi connectivity index (χ0v) is 15.1. The van der Waals surface area contributed by atoms with Gasteiger partial charge in [0.05, 0.1) is 12.1 Å². The number of hydrogen-bond donors (Lipinski definition) is 2. The van der Waals surface area contributed by atoms with E-state index in [0.717, 1.165) is 4.57 Å². The van der Waals surface area contributed by atoms with Crippen LogP contribution < -0.4 is 10.8 Å². The molecular formula is C15H23N5O6. The van der Waals surface area contributed by atoms with E-state index in [2.05, 4.69) is 15.8 Å². The van der Waals surface area contributed by atoms with Crippen LogP contribution in [0.25, 0.3) is 0 Å². The smallest absolute Gasteiger partial charge is 0.390 e. The van der Waals surface area contributed by atoms with Gasteiger partial charge in [-0.2, -0.15) is 5.48 Å². The molecule has 1 rings (SSSR count). The quantitative estimate of drug-likeness (QED) is 0.168. The summed E-state index contributed by atoms with van der Waals surface area (Å²) in [6, 6.07) is 0. The Balaban J connectivity index is 2.47. The molecule has 0 bridgehead atoms. The first-order chi connectivity index (χ1) is 12.0. The van der Waals surface area contributed by atoms with Crippen LogP contribution in [0.4, 0.5) is 5.95 Å². The molecule has 0 saturated heterocycles. The zero-order valence-electron chi connectivity index (χ0n) is 15.1. The Kier molecular flexibility index (Phi) is 7.24. The van der Waals surface area contributed by atoms with Crippen LogP contribution in [-0.2, 0) is 25.8 Å². The largest absolute Gasteiger partial charge is 0.434 e. The molecule has 0 unspecified atom stereocenters. The van der Waals surface area contributed by atoms with Gasteiger partial charge in [-0.05, 0) is 32.6 Å². The molecule has 0 aliphatic carbocycles. The van der Waals surface area contributed by atoms with E-state index < -0.39 is 27.7 Å². The highest BCUT2D eigenvalue weighted by molar-refractivity contribution is 6.28. The second kappa shape index (κ2) is 8.74. The van der Waals surface area contributed by atoms with Crippen molar-refractivity contribution in [2.45, 2.75) is 45.3 Å². The molecule has 1 heterocycles. The molecule has 0 radical (unpaired) electrons. The highest BCUT2D eigenvalue weighted by atomic mass is 16.6. The molecule has 0 amide bonds. The van der Waals surface area contributed by atoms with Gasteiger partial charge in [-0.1, -0.05) is 4.98 Å². The van der Waals surface area contributed by atoms with Crippen LogP contribution in [-0.4, -0.2) is 56.6 Å². The van der Waals surface area contributed by atoms with E-state index >= 15 is 0 Å². The molecule has 0 saturated carbocycles. The fraction of sp³-hybridized carbons (Fsp3) is 0.600. The average Bonchev–Trinajstić information content (AvgIpc) is 3.01. The molecule has 2 N–H and O–H groups in total. The van der Waals surface area contributed by atoms with Crippen molar-refractivity contribution in [3.8, 4) is 0 Å². The fourth-order valence-corrected chi connectivity index (χ4v) is 1.89. The third-order valence-corrected chi connectivity index (χ3v) is 3.69. The van der Waals surface area contributed by atoms with Crippen molar-refractivity contribution in [1.29, 1.82) is 0 Å². The van der Waals surface area contributed by atoms with Gasteiger partial charge in [-0.3, -0.25) is 19.2 Å². The van der Waals surface area contributed by atoms with Gasteiger partial charge in [0.1, 0.15) is 24.5 Å². The van der Waals surface area contributed by atoms with Gasteiger partial charge in [-0.15, -0.1) is 0 Å². The maximum Gasteiger partial charge on any atom is 0.434 e. The molecule has 0 spiro atoms. The van der Waals surface area contributed by atoms with Crippen LogP contribution in [0.5, 0.6) is 0 Å². The Hall–Kier alpha value is -2.50. The van der Waals surface area contributed by atoms with Gasteiger partial charge < -0.3 is 15.4 Å². The number of hydrogen-bond acceptors (Lipinski definition) is 9. The zero-order chi connectivity index (χ0) is 20.0. The third kappa shape index (κ3) is 5.79. The van der Waals surface area contributed by atoms with Crippen molar-refractivity contribution in [1.82, 2.24) is 20.3 Å². The van der Waals surface area contributed by atoms with Crippen LogP contribution in [0.1, 0.15) is 27.7 Å². The highest BCUT2D eigenvalue weighted by Crippen LogP contribution is 2.11. The normalized spacial score (nSPS) is 12.0. The maximum atomic E-state index is 12.4. The Labute approximate surface area is 150 Å². The second-order valence-electron chi connectivity index (χ2n) is 6.64. The van der Waals surface area contributed by atoms with Crippen molar-refractivity contribution in [3.05, 3.63) is 22.5 Å². The summed E-state index contributed by atoms with van der Waals surface area (Å²) < 4.78 is 1.16. The number of ketones is 2. The molecule has 11 heteroatoms. The molecule has 1 aromatic rings. The number of nitrogens with one attached hydrogen (secondary N) is 2. The summed E-state index contributed by atoms with van der Waals surface area (Å²) in [6.45, 7) is 6.49. The van der Waals surface area contributed by atoms with Gasteiger partial charge in [0, 0.05) is 6.54 Å². The number of nitro groups is 1. The van der Waals surface area contributed by atoms with Crippen molar-refractivity contribution >= 4 is 23.8 Å². The van der Waals surface area contributed by atoms with E-state index in [4.69, 9.17) is 4.84 Å². The molecule has 0 aliphatic heterocycles. The lowest BCUT2D eigenvalue weighted by Gasteiger charge is -2.25. The van der Waals surface area contributed by atoms with E-state index in [1.165, 1.54) is 26.2 Å². The number of hydroxylamine groups is 1. The maximum absolute atomic E-state index is 12.4. The molecule has 0 aliphatic rings. The second-order valence-corrected chi connectivity index (χ2v) is 6.64. The van der Waals surface area contributed by atoms with Crippen molar-refractivity contribution < 1.29 is 24.1 Å². The molecule has 1 aromatic heterocycles.